The van der Waals surface area contributed by atoms with Crippen molar-refractivity contribution >= 4 is 17.6 Å². The Balaban J connectivity index is 1.53. The molecule has 2 nitrogen and oxygen atoms in total. The van der Waals surface area contributed by atoms with Gasteiger partial charge in [-0.3, -0.25) is 0 Å². The third kappa shape index (κ3) is 2.14. The van der Waals surface area contributed by atoms with Gasteiger partial charge in [0.25, 0.3) is 0 Å². The molecule has 5 rings (SSSR count). The van der Waals surface area contributed by atoms with Crippen LogP contribution in [0.1, 0.15) is 48.9 Å². The first-order valence-corrected chi connectivity index (χ1v) is 7.99. The van der Waals surface area contributed by atoms with Gasteiger partial charge in [0.1, 0.15) is 5.60 Å². The second-order valence-electron chi connectivity index (χ2n) is 7.00. The van der Waals surface area contributed by atoms with Crippen molar-refractivity contribution in [3.8, 4) is 0 Å². The third-order valence-electron chi connectivity index (χ3n) is 5.37. The van der Waals surface area contributed by atoms with Crippen molar-refractivity contribution in [3.05, 3.63) is 34.9 Å². The molecule has 20 heavy (non-hydrogen) atoms. The van der Waals surface area contributed by atoms with E-state index in [4.69, 9.17) is 16.3 Å². The van der Waals surface area contributed by atoms with Crippen LogP contribution >= 0.6 is 11.6 Å². The summed E-state index contributed by atoms with van der Waals surface area (Å²) in [6.45, 7) is 0. The second-order valence-corrected chi connectivity index (χ2v) is 7.43. The average molecular weight is 291 g/mol. The first kappa shape index (κ1) is 12.7. The zero-order valence-corrected chi connectivity index (χ0v) is 12.2. The Morgan fingerprint density at radius 3 is 2.00 bits per heavy atom. The summed E-state index contributed by atoms with van der Waals surface area (Å²) in [5.74, 6) is 2.20. The van der Waals surface area contributed by atoms with Gasteiger partial charge in [-0.05, 0) is 80.5 Å². The van der Waals surface area contributed by atoms with Crippen LogP contribution in [-0.4, -0.2) is 11.6 Å². The maximum atomic E-state index is 12.4. The molecule has 1 aromatic rings. The first-order chi connectivity index (χ1) is 9.62. The number of hydrogen-bond acceptors (Lipinski definition) is 2. The van der Waals surface area contributed by atoms with Crippen LogP contribution in [0.15, 0.2) is 24.3 Å². The quantitative estimate of drug-likeness (QED) is 0.751. The molecule has 0 heterocycles. The molecule has 4 aliphatic carbocycles. The number of esters is 1. The van der Waals surface area contributed by atoms with Crippen molar-refractivity contribution in [2.75, 3.05) is 0 Å². The number of hydrogen-bond donors (Lipinski definition) is 0. The van der Waals surface area contributed by atoms with Gasteiger partial charge < -0.3 is 4.74 Å². The summed E-state index contributed by atoms with van der Waals surface area (Å²) in [6, 6.07) is 7.01. The van der Waals surface area contributed by atoms with E-state index < -0.39 is 0 Å². The van der Waals surface area contributed by atoms with Crippen LogP contribution in [0.2, 0.25) is 5.02 Å². The van der Waals surface area contributed by atoms with Crippen LogP contribution in [0.5, 0.6) is 0 Å². The van der Waals surface area contributed by atoms with Gasteiger partial charge in [-0.25, -0.2) is 4.79 Å². The van der Waals surface area contributed by atoms with Crippen molar-refractivity contribution in [2.24, 2.45) is 17.8 Å². The number of ether oxygens (including phenoxy) is 1. The van der Waals surface area contributed by atoms with Gasteiger partial charge in [-0.1, -0.05) is 11.6 Å². The van der Waals surface area contributed by atoms with Gasteiger partial charge in [-0.2, -0.15) is 0 Å². The fourth-order valence-electron chi connectivity index (χ4n) is 5.00. The van der Waals surface area contributed by atoms with Crippen molar-refractivity contribution in [1.29, 1.82) is 0 Å². The smallest absolute Gasteiger partial charge is 0.338 e. The minimum absolute atomic E-state index is 0.161. The Morgan fingerprint density at radius 2 is 1.50 bits per heavy atom. The van der Waals surface area contributed by atoms with Crippen molar-refractivity contribution in [3.63, 3.8) is 0 Å². The van der Waals surface area contributed by atoms with E-state index in [-0.39, 0.29) is 11.6 Å². The van der Waals surface area contributed by atoms with Gasteiger partial charge in [0.15, 0.2) is 0 Å². The summed E-state index contributed by atoms with van der Waals surface area (Å²) in [7, 11) is 0. The molecule has 0 aromatic heterocycles. The van der Waals surface area contributed by atoms with E-state index in [0.717, 1.165) is 37.0 Å². The number of benzene rings is 1. The maximum absolute atomic E-state index is 12.4. The van der Waals surface area contributed by atoms with Crippen LogP contribution in [0.3, 0.4) is 0 Å². The van der Waals surface area contributed by atoms with Crippen molar-refractivity contribution in [2.45, 2.75) is 44.1 Å². The van der Waals surface area contributed by atoms with E-state index >= 15 is 0 Å². The van der Waals surface area contributed by atoms with Gasteiger partial charge in [0.05, 0.1) is 5.56 Å². The summed E-state index contributed by atoms with van der Waals surface area (Å²) in [5, 5.41) is 0.649. The maximum Gasteiger partial charge on any atom is 0.338 e. The Bertz CT molecular complexity index is 499. The molecule has 106 valence electrons. The van der Waals surface area contributed by atoms with Gasteiger partial charge in [0.2, 0.25) is 0 Å². The Labute approximate surface area is 124 Å². The molecular weight excluding hydrogens is 272 g/mol. The van der Waals surface area contributed by atoms with Crippen LogP contribution in [0, 0.1) is 17.8 Å². The van der Waals surface area contributed by atoms with Crippen molar-refractivity contribution in [1.82, 2.24) is 0 Å². The molecule has 0 amide bonds. The monoisotopic (exact) mass is 290 g/mol. The summed E-state index contributed by atoms with van der Waals surface area (Å²) >= 11 is 5.86. The number of carbonyl (C=O) groups excluding carboxylic acids is 1. The lowest BCUT2D eigenvalue weighted by atomic mass is 9.54. The molecule has 0 saturated heterocycles. The molecule has 0 N–H and O–H groups in total. The normalized spacial score (nSPS) is 38.0. The Kier molecular flexibility index (Phi) is 2.85. The highest BCUT2D eigenvalue weighted by molar-refractivity contribution is 6.30. The zero-order chi connectivity index (χ0) is 13.7. The lowest BCUT2D eigenvalue weighted by Crippen LogP contribution is -2.52. The SMILES string of the molecule is O=C(OC12CC3CC(CC(C3)C1)C2)c1ccc(Cl)cc1. The average Bonchev–Trinajstić information content (AvgIpc) is 2.37. The Morgan fingerprint density at radius 1 is 1.00 bits per heavy atom. The largest absolute Gasteiger partial charge is 0.455 e. The molecule has 0 radical (unpaired) electrons. The van der Waals surface area contributed by atoms with Gasteiger partial charge in [-0.15, -0.1) is 0 Å². The lowest BCUT2D eigenvalue weighted by molar-refractivity contribution is -0.131. The van der Waals surface area contributed by atoms with E-state index in [1.54, 1.807) is 24.3 Å². The summed E-state index contributed by atoms with van der Waals surface area (Å²) in [6.07, 6.45) is 7.32. The summed E-state index contributed by atoms with van der Waals surface area (Å²) in [4.78, 5) is 12.4. The number of rotatable bonds is 2. The lowest BCUT2D eigenvalue weighted by Gasteiger charge is -2.55. The van der Waals surface area contributed by atoms with Gasteiger partial charge >= 0.3 is 5.97 Å². The second kappa shape index (κ2) is 4.49. The fourth-order valence-corrected chi connectivity index (χ4v) is 5.12. The summed E-state index contributed by atoms with van der Waals surface area (Å²) < 4.78 is 5.99. The van der Waals surface area contributed by atoms with E-state index in [9.17, 15) is 4.79 Å². The van der Waals surface area contributed by atoms with Crippen LogP contribution < -0.4 is 0 Å². The predicted molar refractivity (Wildman–Crippen MR) is 77.8 cm³/mol. The molecule has 0 aliphatic heterocycles. The predicted octanol–water partition coefficient (Wildman–Crippen LogP) is 4.47. The van der Waals surface area contributed by atoms with Crippen molar-refractivity contribution < 1.29 is 9.53 Å². The first-order valence-electron chi connectivity index (χ1n) is 7.61. The zero-order valence-electron chi connectivity index (χ0n) is 11.5. The Hall–Kier alpha value is -1.02. The van der Waals surface area contributed by atoms with Crippen LogP contribution in [0.4, 0.5) is 0 Å². The molecular formula is C17H19ClO2. The van der Waals surface area contributed by atoms with Gasteiger partial charge in [0, 0.05) is 5.02 Å². The molecule has 1 aromatic carbocycles. The number of halogens is 1. The van der Waals surface area contributed by atoms with E-state index in [1.807, 2.05) is 0 Å². The number of carbonyl (C=O) groups is 1. The van der Waals surface area contributed by atoms with Crippen LogP contribution in [0.25, 0.3) is 0 Å². The van der Waals surface area contributed by atoms with E-state index in [0.29, 0.717) is 10.6 Å². The van der Waals surface area contributed by atoms with E-state index in [2.05, 4.69) is 0 Å². The molecule has 4 saturated carbocycles. The third-order valence-corrected chi connectivity index (χ3v) is 5.62. The van der Waals surface area contributed by atoms with Crippen LogP contribution in [-0.2, 0) is 4.74 Å². The summed E-state index contributed by atoms with van der Waals surface area (Å²) in [5.41, 5.74) is 0.455. The highest BCUT2D eigenvalue weighted by Crippen LogP contribution is 2.57. The molecule has 4 aliphatic rings. The topological polar surface area (TPSA) is 26.3 Å². The molecule has 3 heteroatoms. The minimum Gasteiger partial charge on any atom is -0.455 e. The minimum atomic E-state index is -0.177. The molecule has 4 bridgehead atoms. The highest BCUT2D eigenvalue weighted by Gasteiger charge is 2.53. The standard InChI is InChI=1S/C17H19ClO2/c18-15-3-1-14(2-4-15)16(19)20-17-8-11-5-12(9-17)7-13(6-11)10-17/h1-4,11-13H,5-10H2. The fraction of sp³-hybridized carbons (Fsp3) is 0.588. The highest BCUT2D eigenvalue weighted by atomic mass is 35.5. The molecule has 0 atom stereocenters. The van der Waals surface area contributed by atoms with E-state index in [1.165, 1.54) is 19.3 Å². The molecule has 4 fully saturated rings. The molecule has 0 spiro atoms. The molecule has 0 unspecified atom stereocenters.